The van der Waals surface area contributed by atoms with Crippen LogP contribution in [0, 0.1) is 5.41 Å². The summed E-state index contributed by atoms with van der Waals surface area (Å²) in [4.78, 5) is 11.8. The van der Waals surface area contributed by atoms with Crippen LogP contribution >= 0.6 is 0 Å². The van der Waals surface area contributed by atoms with Crippen LogP contribution in [0.2, 0.25) is 0 Å². The highest BCUT2D eigenvalue weighted by Crippen LogP contribution is 2.27. The molecule has 1 aliphatic heterocycles. The van der Waals surface area contributed by atoms with Crippen molar-refractivity contribution >= 4 is 15.8 Å². The number of sulfonamides is 1. The van der Waals surface area contributed by atoms with E-state index in [0.29, 0.717) is 19.3 Å². The quantitative estimate of drug-likeness (QED) is 0.650. The van der Waals surface area contributed by atoms with E-state index < -0.39 is 22.1 Å². The van der Waals surface area contributed by atoms with E-state index in [1.54, 1.807) is 0 Å². The molecule has 1 aromatic carbocycles. The van der Waals surface area contributed by atoms with Gasteiger partial charge in [0.15, 0.2) is 5.78 Å². The first-order valence-electron chi connectivity index (χ1n) is 9.25. The zero-order chi connectivity index (χ0) is 21.9. The molecule has 1 aliphatic rings. The highest BCUT2D eigenvalue weighted by atomic mass is 32.2. The first-order valence-corrected chi connectivity index (χ1v) is 10.7. The van der Waals surface area contributed by atoms with E-state index >= 15 is 0 Å². The molecule has 0 radical (unpaired) electrons. The average molecular weight is 437 g/mol. The van der Waals surface area contributed by atoms with Gasteiger partial charge >= 0.3 is 6.36 Å². The van der Waals surface area contributed by atoms with Crippen LogP contribution in [0.5, 0.6) is 5.75 Å². The number of piperidine rings is 1. The summed E-state index contributed by atoms with van der Waals surface area (Å²) in [5.74, 6) is -0.475. The van der Waals surface area contributed by atoms with Gasteiger partial charge in [-0.25, -0.2) is 8.42 Å². The van der Waals surface area contributed by atoms with E-state index in [1.807, 2.05) is 20.8 Å². The van der Waals surface area contributed by atoms with Gasteiger partial charge in [-0.2, -0.15) is 4.31 Å². The largest absolute Gasteiger partial charge is 0.573 e. The summed E-state index contributed by atoms with van der Waals surface area (Å²) < 4.78 is 72.7. The molecule has 1 saturated heterocycles. The van der Waals surface area contributed by atoms with Gasteiger partial charge in [0, 0.05) is 19.5 Å². The monoisotopic (exact) mass is 437 g/mol. The van der Waals surface area contributed by atoms with E-state index in [4.69, 9.17) is 4.74 Å². The second kappa shape index (κ2) is 9.01. The molecule has 0 unspecified atom stereocenters. The third-order valence-electron chi connectivity index (χ3n) is 4.30. The zero-order valence-electron chi connectivity index (χ0n) is 16.7. The number of ketones is 1. The summed E-state index contributed by atoms with van der Waals surface area (Å²) in [7, 11) is -3.83. The lowest BCUT2D eigenvalue weighted by Crippen LogP contribution is -2.41. The summed E-state index contributed by atoms with van der Waals surface area (Å²) in [5.41, 5.74) is -0.113. The molecule has 0 amide bonds. The molecule has 0 atom stereocenters. The topological polar surface area (TPSA) is 72.9 Å². The maximum atomic E-state index is 12.7. The van der Waals surface area contributed by atoms with Crippen molar-refractivity contribution < 1.29 is 35.9 Å². The number of carbonyl (C=O) groups excluding carboxylic acids is 1. The highest BCUT2D eigenvalue weighted by molar-refractivity contribution is 7.89. The summed E-state index contributed by atoms with van der Waals surface area (Å²) in [6.45, 7) is 6.33. The van der Waals surface area contributed by atoms with Gasteiger partial charge in [0.1, 0.15) is 12.4 Å². The first-order chi connectivity index (χ1) is 13.3. The molecule has 0 aliphatic carbocycles. The predicted molar refractivity (Wildman–Crippen MR) is 99.9 cm³/mol. The third kappa shape index (κ3) is 7.60. The van der Waals surface area contributed by atoms with Crippen LogP contribution < -0.4 is 4.74 Å². The van der Waals surface area contributed by atoms with Crippen LogP contribution in [0.1, 0.15) is 40.0 Å². The Morgan fingerprint density at radius 1 is 1.10 bits per heavy atom. The molecule has 6 nitrogen and oxygen atoms in total. The Morgan fingerprint density at radius 2 is 1.66 bits per heavy atom. The van der Waals surface area contributed by atoms with Crippen molar-refractivity contribution in [3.05, 3.63) is 24.3 Å². The average Bonchev–Trinajstić information content (AvgIpc) is 2.58. The molecular formula is C19H26F3NO5S. The molecule has 0 N–H and O–H groups in total. The van der Waals surface area contributed by atoms with Crippen LogP contribution in [-0.2, 0) is 19.6 Å². The number of ether oxygens (including phenoxy) is 2. The first kappa shape index (κ1) is 23.6. The Kier molecular flexibility index (Phi) is 7.34. The Labute approximate surface area is 169 Å². The van der Waals surface area contributed by atoms with Gasteiger partial charge in [0.2, 0.25) is 10.0 Å². The Hall–Kier alpha value is -1.65. The number of nitrogens with zero attached hydrogens (tertiary/aromatic N) is 1. The fraction of sp³-hybridized carbons (Fsp3) is 0.632. The second-order valence-corrected chi connectivity index (χ2v) is 10.1. The third-order valence-corrected chi connectivity index (χ3v) is 6.22. The summed E-state index contributed by atoms with van der Waals surface area (Å²) in [5, 5.41) is 0. The number of hydrogen-bond donors (Lipinski definition) is 0. The van der Waals surface area contributed by atoms with Crippen molar-refractivity contribution in [1.82, 2.24) is 4.31 Å². The van der Waals surface area contributed by atoms with E-state index in [9.17, 15) is 26.4 Å². The zero-order valence-corrected chi connectivity index (χ0v) is 17.5. The molecular weight excluding hydrogens is 411 g/mol. The summed E-state index contributed by atoms with van der Waals surface area (Å²) >= 11 is 0. The second-order valence-electron chi connectivity index (χ2n) is 8.21. The highest BCUT2D eigenvalue weighted by Gasteiger charge is 2.32. The van der Waals surface area contributed by atoms with Gasteiger partial charge in [-0.05, 0) is 42.5 Å². The fourth-order valence-corrected chi connectivity index (χ4v) is 4.52. The van der Waals surface area contributed by atoms with Gasteiger partial charge in [-0.1, -0.05) is 20.8 Å². The molecule has 164 valence electrons. The minimum Gasteiger partial charge on any atom is -0.406 e. The lowest BCUT2D eigenvalue weighted by molar-refractivity contribution is -0.274. The molecule has 10 heteroatoms. The van der Waals surface area contributed by atoms with Crippen molar-refractivity contribution in [3.63, 3.8) is 0 Å². The van der Waals surface area contributed by atoms with Crippen LogP contribution in [0.25, 0.3) is 0 Å². The van der Waals surface area contributed by atoms with Gasteiger partial charge in [-0.15, -0.1) is 13.2 Å². The van der Waals surface area contributed by atoms with Crippen molar-refractivity contribution in [2.24, 2.45) is 5.41 Å². The van der Waals surface area contributed by atoms with E-state index in [-0.39, 0.29) is 41.9 Å². The minimum absolute atomic E-state index is 0.00807. The van der Waals surface area contributed by atoms with Gasteiger partial charge in [0.05, 0.1) is 11.0 Å². The number of rotatable bonds is 7. The number of Topliss-reactive ketones (excluding diaryl/α,β-unsaturated/α-hetero) is 1. The smallest absolute Gasteiger partial charge is 0.406 e. The molecule has 2 rings (SSSR count). The lowest BCUT2D eigenvalue weighted by atomic mass is 9.90. The summed E-state index contributed by atoms with van der Waals surface area (Å²) in [6.07, 6.45) is -3.74. The number of halogens is 3. The molecule has 0 bridgehead atoms. The Morgan fingerprint density at radius 3 is 2.14 bits per heavy atom. The van der Waals surface area contributed by atoms with Crippen molar-refractivity contribution in [1.29, 1.82) is 0 Å². The standard InChI is InChI=1S/C19H26F3NO5S/c1-18(2,3)12-14(24)13-27-15-8-10-23(11-9-15)29(25,26)17-6-4-16(5-7-17)28-19(20,21)22/h4-7,15H,8-13H2,1-3H3. The van der Waals surface area contributed by atoms with E-state index in [0.717, 1.165) is 24.3 Å². The van der Waals surface area contributed by atoms with Crippen molar-refractivity contribution in [2.45, 2.75) is 57.4 Å². The van der Waals surface area contributed by atoms with Crippen LogP contribution in [0.15, 0.2) is 29.2 Å². The lowest BCUT2D eigenvalue weighted by Gasteiger charge is -2.31. The maximum Gasteiger partial charge on any atom is 0.573 e. The molecule has 0 saturated carbocycles. The number of hydrogen-bond acceptors (Lipinski definition) is 5. The molecule has 0 spiro atoms. The van der Waals surface area contributed by atoms with Crippen molar-refractivity contribution in [2.75, 3.05) is 19.7 Å². The number of carbonyl (C=O) groups is 1. The SMILES string of the molecule is CC(C)(C)CC(=O)COC1CCN(S(=O)(=O)c2ccc(OC(F)(F)F)cc2)CC1. The minimum atomic E-state index is -4.84. The Bertz CT molecular complexity index is 793. The molecule has 29 heavy (non-hydrogen) atoms. The molecule has 1 heterocycles. The van der Waals surface area contributed by atoms with Gasteiger partial charge in [-0.3, -0.25) is 4.79 Å². The van der Waals surface area contributed by atoms with Crippen molar-refractivity contribution in [3.8, 4) is 5.75 Å². The normalized spacial score (nSPS) is 17.3. The van der Waals surface area contributed by atoms with Crippen LogP contribution in [0.3, 0.4) is 0 Å². The molecule has 0 aromatic heterocycles. The number of benzene rings is 1. The van der Waals surface area contributed by atoms with Gasteiger partial charge in [0.25, 0.3) is 0 Å². The van der Waals surface area contributed by atoms with Crippen LogP contribution in [0.4, 0.5) is 13.2 Å². The summed E-state index contributed by atoms with van der Waals surface area (Å²) in [6, 6.07) is 4.11. The maximum absolute atomic E-state index is 12.7. The number of alkyl halides is 3. The Balaban J connectivity index is 1.88. The van der Waals surface area contributed by atoms with E-state index in [2.05, 4.69) is 4.74 Å². The van der Waals surface area contributed by atoms with E-state index in [1.165, 1.54) is 4.31 Å². The fourth-order valence-electron chi connectivity index (χ4n) is 3.05. The van der Waals surface area contributed by atoms with Gasteiger partial charge < -0.3 is 9.47 Å². The molecule has 1 aromatic rings. The van der Waals surface area contributed by atoms with Crippen LogP contribution in [-0.4, -0.2) is 50.7 Å². The molecule has 1 fully saturated rings. The predicted octanol–water partition coefficient (Wildman–Crippen LogP) is 3.76.